The number of likely N-dealkylation sites (N-methyl/N-ethyl adjacent to an activating group) is 1. The van der Waals surface area contributed by atoms with Crippen LogP contribution in [-0.2, 0) is 29.2 Å². The predicted octanol–water partition coefficient (Wildman–Crippen LogP) is -0.716. The van der Waals surface area contributed by atoms with Crippen LogP contribution in [0.1, 0.15) is 6.42 Å². The molecular weight excluding hydrogens is 344 g/mol. The molecule has 0 aromatic heterocycles. The van der Waals surface area contributed by atoms with Crippen molar-refractivity contribution in [3.05, 3.63) is 25.3 Å². The van der Waals surface area contributed by atoms with Gasteiger partial charge in [-0.1, -0.05) is 13.2 Å². The molecular formula is C13H24N2O8S. The van der Waals surface area contributed by atoms with Crippen LogP contribution in [0, 0.1) is 0 Å². The SMILES string of the molecule is C=CC(=O)N(C)C.C=CC(=O)OCCC(=O)O.NCCS(=O)(=O)O. The van der Waals surface area contributed by atoms with Gasteiger partial charge in [0.1, 0.15) is 6.61 Å². The Bertz CT molecular complexity index is 514. The minimum atomic E-state index is -3.80. The largest absolute Gasteiger partial charge is 0.481 e. The molecule has 0 bridgehead atoms. The molecule has 0 heterocycles. The smallest absolute Gasteiger partial charge is 0.330 e. The van der Waals surface area contributed by atoms with Gasteiger partial charge in [0, 0.05) is 26.7 Å². The third kappa shape index (κ3) is 28.0. The zero-order chi connectivity index (χ0) is 19.8. The van der Waals surface area contributed by atoms with Crippen molar-refractivity contribution in [2.24, 2.45) is 5.73 Å². The number of aliphatic carboxylic acids is 1. The monoisotopic (exact) mass is 368 g/mol. The summed E-state index contributed by atoms with van der Waals surface area (Å²) in [6.07, 6.45) is 2.10. The highest BCUT2D eigenvalue weighted by Crippen LogP contribution is 1.83. The van der Waals surface area contributed by atoms with Crippen molar-refractivity contribution in [2.75, 3.05) is 33.0 Å². The number of hydrogen-bond donors (Lipinski definition) is 3. The Labute approximate surface area is 141 Å². The highest BCUT2D eigenvalue weighted by Gasteiger charge is 1.99. The maximum atomic E-state index is 10.3. The molecule has 11 heteroatoms. The van der Waals surface area contributed by atoms with E-state index in [1.54, 1.807) is 14.1 Å². The van der Waals surface area contributed by atoms with E-state index in [1.807, 2.05) is 0 Å². The summed E-state index contributed by atoms with van der Waals surface area (Å²) >= 11 is 0. The Kier molecular flexibility index (Phi) is 17.4. The maximum Gasteiger partial charge on any atom is 0.330 e. The minimum Gasteiger partial charge on any atom is -0.481 e. The summed E-state index contributed by atoms with van der Waals surface area (Å²) in [6, 6.07) is 0. The standard InChI is InChI=1S/C6H8O4.C5H9NO.C2H7NO3S/c1-2-6(9)10-4-3-5(7)8;1-4-5(7)6(2)3;3-1-2-7(4,5)6/h2H,1,3-4H2,(H,7,8);4H,1H2,2-3H3;1-3H2,(H,4,5,6). The maximum absolute atomic E-state index is 10.3. The molecule has 0 atom stereocenters. The van der Waals surface area contributed by atoms with E-state index in [2.05, 4.69) is 17.9 Å². The van der Waals surface area contributed by atoms with Gasteiger partial charge in [-0.25, -0.2) is 4.79 Å². The fraction of sp³-hybridized carbons (Fsp3) is 0.462. The van der Waals surface area contributed by atoms with Gasteiger partial charge >= 0.3 is 11.9 Å². The normalized spacial score (nSPS) is 9.17. The third-order valence-electron chi connectivity index (χ3n) is 1.72. The first kappa shape index (κ1) is 26.6. The summed E-state index contributed by atoms with van der Waals surface area (Å²) in [7, 11) is -0.430. The van der Waals surface area contributed by atoms with Gasteiger partial charge in [-0.3, -0.25) is 14.1 Å². The van der Waals surface area contributed by atoms with Gasteiger partial charge in [0.15, 0.2) is 0 Å². The van der Waals surface area contributed by atoms with E-state index in [0.717, 1.165) is 6.08 Å². The van der Waals surface area contributed by atoms with E-state index in [1.165, 1.54) is 11.0 Å². The van der Waals surface area contributed by atoms with Crippen LogP contribution in [0.4, 0.5) is 0 Å². The number of carbonyl (C=O) groups is 3. The third-order valence-corrected chi connectivity index (χ3v) is 2.47. The number of esters is 1. The van der Waals surface area contributed by atoms with Crippen molar-refractivity contribution in [3.8, 4) is 0 Å². The van der Waals surface area contributed by atoms with E-state index in [4.69, 9.17) is 15.4 Å². The lowest BCUT2D eigenvalue weighted by molar-refractivity contribution is -0.142. The van der Waals surface area contributed by atoms with Gasteiger partial charge < -0.3 is 20.5 Å². The average Bonchev–Trinajstić information content (AvgIpc) is 2.45. The summed E-state index contributed by atoms with van der Waals surface area (Å²) in [5.74, 6) is -1.99. The molecule has 140 valence electrons. The molecule has 0 aliphatic rings. The first-order valence-corrected chi connectivity index (χ1v) is 8.02. The lowest BCUT2D eigenvalue weighted by Crippen LogP contribution is -2.18. The highest BCUT2D eigenvalue weighted by molar-refractivity contribution is 7.85. The molecule has 4 N–H and O–H groups in total. The van der Waals surface area contributed by atoms with Gasteiger partial charge in [-0.15, -0.1) is 0 Å². The fourth-order valence-electron chi connectivity index (χ4n) is 0.629. The first-order valence-electron chi connectivity index (χ1n) is 6.41. The molecule has 0 saturated carbocycles. The van der Waals surface area contributed by atoms with Crippen LogP contribution < -0.4 is 5.73 Å². The lowest BCUT2D eigenvalue weighted by atomic mass is 10.5. The minimum absolute atomic E-state index is 0.0289. The van der Waals surface area contributed by atoms with Crippen molar-refractivity contribution in [2.45, 2.75) is 6.42 Å². The second-order valence-electron chi connectivity index (χ2n) is 4.03. The van der Waals surface area contributed by atoms with Crippen LogP contribution in [0.3, 0.4) is 0 Å². The number of nitrogens with two attached hydrogens (primary N) is 1. The van der Waals surface area contributed by atoms with Gasteiger partial charge in [0.25, 0.3) is 10.1 Å². The summed E-state index contributed by atoms with van der Waals surface area (Å²) in [4.78, 5) is 31.9. The molecule has 1 amide bonds. The van der Waals surface area contributed by atoms with E-state index in [-0.39, 0.29) is 31.2 Å². The molecule has 0 fully saturated rings. The second-order valence-corrected chi connectivity index (χ2v) is 5.60. The Morgan fingerprint density at radius 3 is 1.88 bits per heavy atom. The molecule has 0 aliphatic heterocycles. The Morgan fingerprint density at radius 1 is 1.21 bits per heavy atom. The van der Waals surface area contributed by atoms with Gasteiger partial charge in [-0.05, 0) is 6.08 Å². The summed E-state index contributed by atoms with van der Waals surface area (Å²) < 4.78 is 31.7. The Morgan fingerprint density at radius 2 is 1.71 bits per heavy atom. The van der Waals surface area contributed by atoms with Crippen molar-refractivity contribution >= 4 is 28.0 Å². The lowest BCUT2D eigenvalue weighted by Gasteiger charge is -2.03. The van der Waals surface area contributed by atoms with Gasteiger partial charge in [-0.2, -0.15) is 8.42 Å². The van der Waals surface area contributed by atoms with Crippen LogP contribution in [0.2, 0.25) is 0 Å². The number of ether oxygens (including phenoxy) is 1. The number of amides is 1. The molecule has 10 nitrogen and oxygen atoms in total. The van der Waals surface area contributed by atoms with Crippen LogP contribution >= 0.6 is 0 Å². The molecule has 0 radical (unpaired) electrons. The van der Waals surface area contributed by atoms with E-state index in [9.17, 15) is 22.8 Å². The second kappa shape index (κ2) is 15.6. The topological polar surface area (TPSA) is 164 Å². The predicted molar refractivity (Wildman–Crippen MR) is 87.8 cm³/mol. The molecule has 0 aromatic rings. The molecule has 0 spiro atoms. The fourth-order valence-corrected chi connectivity index (χ4v) is 0.927. The number of rotatable bonds is 7. The summed E-state index contributed by atoms with van der Waals surface area (Å²) in [5, 5.41) is 8.08. The number of carboxylic acids is 1. The average molecular weight is 368 g/mol. The molecule has 24 heavy (non-hydrogen) atoms. The van der Waals surface area contributed by atoms with Crippen LogP contribution in [-0.4, -0.2) is 73.8 Å². The molecule has 0 aromatic carbocycles. The number of carbonyl (C=O) groups excluding carboxylic acids is 2. The van der Waals surface area contributed by atoms with E-state index in [0.29, 0.717) is 0 Å². The number of hydrogen-bond acceptors (Lipinski definition) is 7. The quantitative estimate of drug-likeness (QED) is 0.299. The van der Waals surface area contributed by atoms with Crippen molar-refractivity contribution in [3.63, 3.8) is 0 Å². The van der Waals surface area contributed by atoms with E-state index < -0.39 is 22.1 Å². The number of nitrogens with zero attached hydrogens (tertiary/aromatic N) is 1. The van der Waals surface area contributed by atoms with Gasteiger partial charge in [0.05, 0.1) is 12.2 Å². The zero-order valence-electron chi connectivity index (χ0n) is 13.7. The van der Waals surface area contributed by atoms with E-state index >= 15 is 0 Å². The first-order chi connectivity index (χ1) is 10.9. The zero-order valence-corrected chi connectivity index (χ0v) is 14.5. The van der Waals surface area contributed by atoms with Gasteiger partial charge in [0.2, 0.25) is 5.91 Å². The number of carboxylic acid groups (broad SMARTS) is 1. The molecule has 0 saturated heterocycles. The van der Waals surface area contributed by atoms with Crippen molar-refractivity contribution < 1.29 is 37.2 Å². The van der Waals surface area contributed by atoms with Crippen molar-refractivity contribution in [1.29, 1.82) is 0 Å². The van der Waals surface area contributed by atoms with Crippen LogP contribution in [0.25, 0.3) is 0 Å². The van der Waals surface area contributed by atoms with Crippen LogP contribution in [0.15, 0.2) is 25.3 Å². The highest BCUT2D eigenvalue weighted by atomic mass is 32.2. The van der Waals surface area contributed by atoms with Crippen LogP contribution in [0.5, 0.6) is 0 Å². The Balaban J connectivity index is -0.000000283. The molecule has 0 rings (SSSR count). The molecule has 0 aliphatic carbocycles. The Hall–Kier alpha value is -2.24. The molecule has 0 unspecified atom stereocenters. The summed E-state index contributed by atoms with van der Waals surface area (Å²) in [5.41, 5.74) is 4.78. The van der Waals surface area contributed by atoms with Crippen molar-refractivity contribution in [1.82, 2.24) is 4.90 Å². The summed E-state index contributed by atoms with van der Waals surface area (Å²) in [6.45, 7) is 6.30.